The molecule has 2 rings (SSSR count). The number of nitrogens with one attached hydrogen (secondary N) is 1. The van der Waals surface area contributed by atoms with Crippen molar-refractivity contribution in [2.45, 2.75) is 17.4 Å². The molecule has 0 saturated heterocycles. The summed E-state index contributed by atoms with van der Waals surface area (Å²) in [5.74, 6) is 0.130. The normalized spacial score (nSPS) is 14.8. The van der Waals surface area contributed by atoms with Crippen molar-refractivity contribution in [2.24, 2.45) is 5.14 Å². The van der Waals surface area contributed by atoms with Crippen LogP contribution < -0.4 is 10.5 Å². The molecule has 0 fully saturated rings. The highest BCUT2D eigenvalue weighted by Gasteiger charge is 2.24. The lowest BCUT2D eigenvalue weighted by Crippen LogP contribution is -2.31. The van der Waals surface area contributed by atoms with E-state index in [1.165, 1.54) is 29.7 Å². The number of sulfonamides is 1. The molecule has 0 aliphatic heterocycles. The van der Waals surface area contributed by atoms with Crippen LogP contribution in [0.4, 0.5) is 5.82 Å². The van der Waals surface area contributed by atoms with Gasteiger partial charge in [-0.1, -0.05) is 0 Å². The molecule has 1 atom stereocenters. The zero-order chi connectivity index (χ0) is 14.8. The van der Waals surface area contributed by atoms with Crippen molar-refractivity contribution in [3.05, 3.63) is 40.7 Å². The average Bonchev–Trinajstić information content (AvgIpc) is 2.90. The topological polar surface area (TPSA) is 105 Å². The van der Waals surface area contributed by atoms with Crippen LogP contribution in [0, 0.1) is 0 Å². The maximum atomic E-state index is 11.4. The van der Waals surface area contributed by atoms with Gasteiger partial charge in [-0.05, 0) is 41.4 Å². The number of anilines is 1. The maximum Gasteiger partial charge on any atom is 0.241 e. The van der Waals surface area contributed by atoms with Crippen LogP contribution in [0.25, 0.3) is 0 Å². The van der Waals surface area contributed by atoms with Crippen LogP contribution in [-0.2, 0) is 15.6 Å². The smallest absolute Gasteiger partial charge is 0.241 e. The fourth-order valence-corrected chi connectivity index (χ4v) is 3.13. The van der Waals surface area contributed by atoms with E-state index in [2.05, 4.69) is 10.3 Å². The Balaban J connectivity index is 2.20. The first-order valence-corrected chi connectivity index (χ1v) is 8.26. The molecule has 0 saturated carbocycles. The second-order valence-electron chi connectivity index (χ2n) is 4.53. The first-order chi connectivity index (χ1) is 9.31. The molecule has 2 aromatic rings. The Labute approximate surface area is 121 Å². The zero-order valence-corrected chi connectivity index (χ0v) is 12.4. The first kappa shape index (κ1) is 14.9. The summed E-state index contributed by atoms with van der Waals surface area (Å²) in [7, 11) is -3.86. The number of hydrogen-bond donors (Lipinski definition) is 3. The van der Waals surface area contributed by atoms with E-state index in [-0.39, 0.29) is 17.3 Å². The van der Waals surface area contributed by atoms with Crippen LogP contribution in [-0.4, -0.2) is 25.1 Å². The van der Waals surface area contributed by atoms with Crippen molar-refractivity contribution in [3.8, 4) is 0 Å². The summed E-state index contributed by atoms with van der Waals surface area (Å²) in [6.45, 7) is 1.75. The Morgan fingerprint density at radius 1 is 1.50 bits per heavy atom. The molecule has 0 amide bonds. The molecule has 2 aromatic heterocycles. The number of nitrogens with zero attached hydrogens (tertiary/aromatic N) is 1. The molecule has 0 aromatic carbocycles. The van der Waals surface area contributed by atoms with E-state index in [9.17, 15) is 13.5 Å². The van der Waals surface area contributed by atoms with Gasteiger partial charge in [-0.2, -0.15) is 11.3 Å². The number of nitrogens with two attached hydrogens (primary N) is 1. The number of pyridine rings is 1. The van der Waals surface area contributed by atoms with Gasteiger partial charge in [0.2, 0.25) is 10.0 Å². The third kappa shape index (κ3) is 3.34. The summed E-state index contributed by atoms with van der Waals surface area (Å²) in [5, 5.41) is 22.0. The summed E-state index contributed by atoms with van der Waals surface area (Å²) in [4.78, 5) is 3.85. The molecule has 0 bridgehead atoms. The molecule has 6 nitrogen and oxygen atoms in total. The van der Waals surface area contributed by atoms with Gasteiger partial charge in [-0.3, -0.25) is 0 Å². The molecular weight excluding hydrogens is 298 g/mol. The van der Waals surface area contributed by atoms with Crippen molar-refractivity contribution < 1.29 is 13.5 Å². The lowest BCUT2D eigenvalue weighted by Gasteiger charge is -2.23. The summed E-state index contributed by atoms with van der Waals surface area (Å²) in [5.41, 5.74) is -0.379. The Bertz CT molecular complexity index is 682. The molecule has 0 spiro atoms. The number of rotatable bonds is 5. The zero-order valence-electron chi connectivity index (χ0n) is 10.8. The van der Waals surface area contributed by atoms with E-state index < -0.39 is 15.6 Å². The number of aromatic nitrogens is 1. The number of primary sulfonamides is 1. The van der Waals surface area contributed by atoms with Crippen molar-refractivity contribution in [3.63, 3.8) is 0 Å². The van der Waals surface area contributed by atoms with E-state index in [1.807, 2.05) is 16.8 Å². The largest absolute Gasteiger partial charge is 0.384 e. The molecule has 4 N–H and O–H groups in total. The van der Waals surface area contributed by atoms with Gasteiger partial charge in [0, 0.05) is 12.7 Å². The molecule has 2 heterocycles. The van der Waals surface area contributed by atoms with E-state index in [0.29, 0.717) is 0 Å². The lowest BCUT2D eigenvalue weighted by atomic mass is 9.99. The van der Waals surface area contributed by atoms with Gasteiger partial charge in [0.15, 0.2) is 0 Å². The average molecular weight is 313 g/mol. The van der Waals surface area contributed by atoms with E-state index in [4.69, 9.17) is 5.14 Å². The molecule has 20 heavy (non-hydrogen) atoms. The van der Waals surface area contributed by atoms with E-state index in [1.54, 1.807) is 6.92 Å². The highest BCUT2D eigenvalue weighted by atomic mass is 32.2. The van der Waals surface area contributed by atoms with Gasteiger partial charge in [0.25, 0.3) is 0 Å². The minimum absolute atomic E-state index is 0.0962. The minimum Gasteiger partial charge on any atom is -0.384 e. The van der Waals surface area contributed by atoms with Gasteiger partial charge in [-0.15, -0.1) is 0 Å². The molecule has 0 radical (unpaired) electrons. The Hall–Kier alpha value is -1.48. The van der Waals surface area contributed by atoms with Crippen LogP contribution >= 0.6 is 11.3 Å². The summed E-state index contributed by atoms with van der Waals surface area (Å²) in [6.07, 6.45) is 1.45. The maximum absolute atomic E-state index is 11.4. The third-order valence-corrected chi connectivity index (χ3v) is 4.45. The molecule has 1 unspecified atom stereocenters. The predicted molar refractivity (Wildman–Crippen MR) is 78.0 cm³/mol. The van der Waals surface area contributed by atoms with Crippen molar-refractivity contribution in [1.29, 1.82) is 0 Å². The lowest BCUT2D eigenvalue weighted by molar-refractivity contribution is 0.0718. The highest BCUT2D eigenvalue weighted by molar-refractivity contribution is 7.89. The van der Waals surface area contributed by atoms with Gasteiger partial charge in [0.05, 0.1) is 0 Å². The van der Waals surface area contributed by atoms with Crippen molar-refractivity contribution >= 4 is 27.2 Å². The van der Waals surface area contributed by atoms with Gasteiger partial charge < -0.3 is 10.4 Å². The Morgan fingerprint density at radius 3 is 2.85 bits per heavy atom. The highest BCUT2D eigenvalue weighted by Crippen LogP contribution is 2.24. The van der Waals surface area contributed by atoms with E-state index in [0.717, 1.165) is 5.56 Å². The Kier molecular flexibility index (Phi) is 4.09. The Morgan fingerprint density at radius 2 is 2.25 bits per heavy atom. The van der Waals surface area contributed by atoms with Crippen molar-refractivity contribution in [2.75, 3.05) is 11.9 Å². The second kappa shape index (κ2) is 5.49. The molecule has 0 aliphatic rings. The fraction of sp³-hybridized carbons (Fsp3) is 0.250. The van der Waals surface area contributed by atoms with E-state index >= 15 is 0 Å². The van der Waals surface area contributed by atoms with Gasteiger partial charge in [-0.25, -0.2) is 18.5 Å². The molecule has 8 heteroatoms. The predicted octanol–water partition coefficient (Wildman–Crippen LogP) is 1.11. The quantitative estimate of drug-likeness (QED) is 0.767. The summed E-state index contributed by atoms with van der Waals surface area (Å²) < 4.78 is 22.9. The monoisotopic (exact) mass is 313 g/mol. The minimum atomic E-state index is -3.86. The van der Waals surface area contributed by atoms with Crippen molar-refractivity contribution in [1.82, 2.24) is 4.98 Å². The number of hydrogen-bond acceptors (Lipinski definition) is 6. The second-order valence-corrected chi connectivity index (χ2v) is 6.84. The molecular formula is C12H15N3O3S2. The SMILES string of the molecule is CC(O)(CNc1ncccc1S(N)(=O)=O)c1ccsc1. The first-order valence-electron chi connectivity index (χ1n) is 5.77. The van der Waals surface area contributed by atoms with Gasteiger partial charge in [0.1, 0.15) is 16.3 Å². The van der Waals surface area contributed by atoms with Crippen LogP contribution in [0.3, 0.4) is 0 Å². The van der Waals surface area contributed by atoms with Crippen LogP contribution in [0.2, 0.25) is 0 Å². The number of aliphatic hydroxyl groups is 1. The standard InChI is InChI=1S/C12H15N3O3S2/c1-12(16,9-4-6-19-7-9)8-15-11-10(20(13,17)18)3-2-5-14-11/h2-7,16H,8H2,1H3,(H,14,15)(H2,13,17,18). The molecule has 108 valence electrons. The summed E-state index contributed by atoms with van der Waals surface area (Å²) in [6, 6.07) is 4.66. The van der Waals surface area contributed by atoms with Crippen LogP contribution in [0.5, 0.6) is 0 Å². The molecule has 0 aliphatic carbocycles. The fourth-order valence-electron chi connectivity index (χ4n) is 1.68. The summed E-state index contributed by atoms with van der Waals surface area (Å²) >= 11 is 1.48. The van der Waals surface area contributed by atoms with Crippen LogP contribution in [0.1, 0.15) is 12.5 Å². The number of thiophene rings is 1. The third-order valence-electron chi connectivity index (χ3n) is 2.82. The van der Waals surface area contributed by atoms with Gasteiger partial charge >= 0.3 is 0 Å². The van der Waals surface area contributed by atoms with Crippen LogP contribution in [0.15, 0.2) is 40.1 Å².